The molecule has 1 aliphatic heterocycles. The summed E-state index contributed by atoms with van der Waals surface area (Å²) in [6.45, 7) is 5.23. The molecule has 1 aliphatic rings. The third-order valence-electron chi connectivity index (χ3n) is 3.46. The van der Waals surface area contributed by atoms with Gasteiger partial charge in [-0.3, -0.25) is 4.98 Å². The molecule has 0 saturated carbocycles. The van der Waals surface area contributed by atoms with Crippen molar-refractivity contribution >= 4 is 5.69 Å². The van der Waals surface area contributed by atoms with Crippen LogP contribution in [0.2, 0.25) is 0 Å². The van der Waals surface area contributed by atoms with Crippen LogP contribution < -0.4 is 10.6 Å². The van der Waals surface area contributed by atoms with Crippen LogP contribution in [0.4, 0.5) is 5.69 Å². The van der Waals surface area contributed by atoms with Crippen LogP contribution >= 0.6 is 0 Å². The summed E-state index contributed by atoms with van der Waals surface area (Å²) in [7, 11) is 0. The molecule has 1 aromatic rings. The van der Waals surface area contributed by atoms with Crippen LogP contribution in [0, 0.1) is 5.92 Å². The number of anilines is 1. The summed E-state index contributed by atoms with van der Waals surface area (Å²) >= 11 is 0. The Hall–Kier alpha value is -1.09. The van der Waals surface area contributed by atoms with Crippen molar-refractivity contribution in [3.05, 3.63) is 24.0 Å². The lowest BCUT2D eigenvalue weighted by atomic mass is 10.0. The van der Waals surface area contributed by atoms with Crippen molar-refractivity contribution in [2.75, 3.05) is 18.0 Å². The average molecular weight is 219 g/mol. The topological polar surface area (TPSA) is 42.2 Å². The molecule has 88 valence electrons. The molecule has 2 N–H and O–H groups in total. The van der Waals surface area contributed by atoms with Crippen LogP contribution in [0.1, 0.15) is 31.7 Å². The van der Waals surface area contributed by atoms with Gasteiger partial charge in [0.25, 0.3) is 0 Å². The van der Waals surface area contributed by atoms with E-state index in [2.05, 4.69) is 16.8 Å². The average Bonchev–Trinajstić information content (AvgIpc) is 2.54. The molecule has 0 aromatic carbocycles. The predicted octanol–water partition coefficient (Wildman–Crippen LogP) is 2.17. The summed E-state index contributed by atoms with van der Waals surface area (Å²) in [5.74, 6) is 0.850. The van der Waals surface area contributed by atoms with Gasteiger partial charge in [-0.25, -0.2) is 0 Å². The maximum absolute atomic E-state index is 5.77. The summed E-state index contributed by atoms with van der Waals surface area (Å²) < 4.78 is 0. The molecule has 1 aromatic heterocycles. The summed E-state index contributed by atoms with van der Waals surface area (Å²) in [5.41, 5.74) is 8.22. The van der Waals surface area contributed by atoms with Gasteiger partial charge in [0.1, 0.15) is 0 Å². The molecule has 0 amide bonds. The Bertz CT molecular complexity index is 338. The Morgan fingerprint density at radius 3 is 3.12 bits per heavy atom. The van der Waals surface area contributed by atoms with Gasteiger partial charge in [-0.1, -0.05) is 6.92 Å². The highest BCUT2D eigenvalue weighted by molar-refractivity contribution is 5.51. The Labute approximate surface area is 97.7 Å². The zero-order valence-corrected chi connectivity index (χ0v) is 10.0. The molecule has 16 heavy (non-hydrogen) atoms. The van der Waals surface area contributed by atoms with Crippen molar-refractivity contribution in [2.24, 2.45) is 11.7 Å². The van der Waals surface area contributed by atoms with Crippen molar-refractivity contribution in [1.29, 1.82) is 0 Å². The number of nitrogens with zero attached hydrogens (tertiary/aromatic N) is 2. The van der Waals surface area contributed by atoms with Gasteiger partial charge in [0, 0.05) is 25.8 Å². The van der Waals surface area contributed by atoms with Gasteiger partial charge in [-0.15, -0.1) is 0 Å². The fourth-order valence-electron chi connectivity index (χ4n) is 2.38. The van der Waals surface area contributed by atoms with E-state index in [9.17, 15) is 0 Å². The number of hydrogen-bond donors (Lipinski definition) is 1. The van der Waals surface area contributed by atoms with E-state index in [4.69, 9.17) is 5.73 Å². The van der Waals surface area contributed by atoms with Gasteiger partial charge in [-0.2, -0.15) is 0 Å². The minimum absolute atomic E-state index is 0.601. The van der Waals surface area contributed by atoms with E-state index in [0.29, 0.717) is 6.54 Å². The second-order valence-electron chi connectivity index (χ2n) is 4.73. The summed E-state index contributed by atoms with van der Waals surface area (Å²) in [5, 5.41) is 0. The number of hydrogen-bond acceptors (Lipinski definition) is 3. The van der Waals surface area contributed by atoms with Gasteiger partial charge >= 0.3 is 0 Å². The van der Waals surface area contributed by atoms with E-state index < -0.39 is 0 Å². The van der Waals surface area contributed by atoms with E-state index in [0.717, 1.165) is 19.0 Å². The molecule has 2 heterocycles. The molecule has 0 radical (unpaired) electrons. The Morgan fingerprint density at radius 2 is 2.31 bits per heavy atom. The molecule has 1 unspecified atom stereocenters. The maximum Gasteiger partial charge on any atom is 0.0598 e. The smallest absolute Gasteiger partial charge is 0.0598 e. The minimum atomic E-state index is 0.601. The highest BCUT2D eigenvalue weighted by Gasteiger charge is 2.16. The Morgan fingerprint density at radius 1 is 1.44 bits per heavy atom. The van der Waals surface area contributed by atoms with Gasteiger partial charge in [0.2, 0.25) is 0 Å². The molecule has 3 nitrogen and oxygen atoms in total. The number of nitrogens with two attached hydrogens (primary N) is 1. The van der Waals surface area contributed by atoms with Gasteiger partial charge in [0.15, 0.2) is 0 Å². The van der Waals surface area contributed by atoms with E-state index in [1.54, 1.807) is 0 Å². The van der Waals surface area contributed by atoms with Gasteiger partial charge in [-0.05, 0) is 36.8 Å². The van der Waals surface area contributed by atoms with Crippen molar-refractivity contribution in [2.45, 2.75) is 32.7 Å². The first-order chi connectivity index (χ1) is 7.81. The molecule has 0 spiro atoms. The predicted molar refractivity (Wildman–Crippen MR) is 67.4 cm³/mol. The summed E-state index contributed by atoms with van der Waals surface area (Å²) in [4.78, 5) is 6.66. The fourth-order valence-corrected chi connectivity index (χ4v) is 2.38. The van der Waals surface area contributed by atoms with Crippen LogP contribution in [0.3, 0.4) is 0 Å². The van der Waals surface area contributed by atoms with E-state index in [-0.39, 0.29) is 0 Å². The molecule has 0 bridgehead atoms. The van der Waals surface area contributed by atoms with E-state index in [1.165, 1.54) is 30.5 Å². The SMILES string of the molecule is CC1CCCN(c2cnccc2CN)CC1. The molecule has 2 rings (SSSR count). The second kappa shape index (κ2) is 5.30. The van der Waals surface area contributed by atoms with Gasteiger partial charge in [0.05, 0.1) is 11.9 Å². The standard InChI is InChI=1S/C13H21N3/c1-11-3-2-7-16(8-5-11)13-10-15-6-4-12(13)9-14/h4,6,10-11H,2-3,5,7-9,14H2,1H3. The van der Waals surface area contributed by atoms with Crippen LogP contribution in [0.25, 0.3) is 0 Å². The zero-order valence-electron chi connectivity index (χ0n) is 10.0. The van der Waals surface area contributed by atoms with Crippen molar-refractivity contribution in [3.63, 3.8) is 0 Å². The molecular weight excluding hydrogens is 198 g/mol. The highest BCUT2D eigenvalue weighted by atomic mass is 15.1. The maximum atomic E-state index is 5.77. The first-order valence-corrected chi connectivity index (χ1v) is 6.19. The second-order valence-corrected chi connectivity index (χ2v) is 4.73. The molecule has 3 heteroatoms. The quantitative estimate of drug-likeness (QED) is 0.829. The lowest BCUT2D eigenvalue weighted by Crippen LogP contribution is -2.26. The molecular formula is C13H21N3. The minimum Gasteiger partial charge on any atom is -0.370 e. The molecule has 1 fully saturated rings. The van der Waals surface area contributed by atoms with Crippen LogP contribution in [-0.2, 0) is 6.54 Å². The molecule has 0 aliphatic carbocycles. The third-order valence-corrected chi connectivity index (χ3v) is 3.46. The highest BCUT2D eigenvalue weighted by Crippen LogP contribution is 2.24. The number of aromatic nitrogens is 1. The fraction of sp³-hybridized carbons (Fsp3) is 0.615. The van der Waals surface area contributed by atoms with Crippen LogP contribution in [-0.4, -0.2) is 18.1 Å². The Balaban J connectivity index is 2.16. The molecule has 1 atom stereocenters. The van der Waals surface area contributed by atoms with Crippen LogP contribution in [0.5, 0.6) is 0 Å². The van der Waals surface area contributed by atoms with Crippen molar-refractivity contribution < 1.29 is 0 Å². The van der Waals surface area contributed by atoms with Crippen molar-refractivity contribution in [1.82, 2.24) is 4.98 Å². The lowest BCUT2D eigenvalue weighted by molar-refractivity contribution is 0.521. The third kappa shape index (κ3) is 2.53. The normalized spacial score (nSPS) is 21.9. The Kier molecular flexibility index (Phi) is 3.78. The summed E-state index contributed by atoms with van der Waals surface area (Å²) in [6.07, 6.45) is 7.68. The first-order valence-electron chi connectivity index (χ1n) is 6.19. The van der Waals surface area contributed by atoms with Crippen LogP contribution in [0.15, 0.2) is 18.5 Å². The monoisotopic (exact) mass is 219 g/mol. The first kappa shape index (κ1) is 11.4. The van der Waals surface area contributed by atoms with E-state index >= 15 is 0 Å². The number of pyridine rings is 1. The van der Waals surface area contributed by atoms with Crippen molar-refractivity contribution in [3.8, 4) is 0 Å². The van der Waals surface area contributed by atoms with Gasteiger partial charge < -0.3 is 10.6 Å². The lowest BCUT2D eigenvalue weighted by Gasteiger charge is -2.24. The summed E-state index contributed by atoms with van der Waals surface area (Å²) in [6, 6.07) is 2.03. The molecule has 1 saturated heterocycles. The number of rotatable bonds is 2. The van der Waals surface area contributed by atoms with E-state index in [1.807, 2.05) is 18.5 Å². The largest absolute Gasteiger partial charge is 0.370 e. The zero-order chi connectivity index (χ0) is 11.4.